The van der Waals surface area contributed by atoms with E-state index in [1.165, 1.54) is 21.3 Å². The molecule has 26 heavy (non-hydrogen) atoms. The highest BCUT2D eigenvalue weighted by Gasteiger charge is 2.18. The molecule has 2 heterocycles. The number of carbonyl (C=O) groups is 1. The third kappa shape index (κ3) is 2.97. The van der Waals surface area contributed by atoms with Crippen LogP contribution in [-0.4, -0.2) is 39.8 Å². The molecule has 7 heteroatoms. The smallest absolute Gasteiger partial charge is 0.322 e. The van der Waals surface area contributed by atoms with Crippen molar-refractivity contribution in [3.63, 3.8) is 0 Å². The third-order valence-corrected chi connectivity index (χ3v) is 4.18. The third-order valence-electron chi connectivity index (χ3n) is 4.18. The number of carbonyl (C=O) groups excluding carboxylic acids is 1. The standard InChI is InChI=1S/C19H20N6O/c1-11-6-13(3)17-15(7-11)12(2)8-16(22-17)25-18(14(9-20)10-21-25)23-19(26)24(4)5/h6-8,10H,1-5H3,(H,23,26). The van der Waals surface area contributed by atoms with Gasteiger partial charge < -0.3 is 4.90 Å². The summed E-state index contributed by atoms with van der Waals surface area (Å²) in [6, 6.07) is 7.80. The molecule has 0 spiro atoms. The minimum atomic E-state index is -0.340. The minimum absolute atomic E-state index is 0.278. The van der Waals surface area contributed by atoms with Gasteiger partial charge in [0.1, 0.15) is 11.6 Å². The fourth-order valence-corrected chi connectivity index (χ4v) is 2.87. The van der Waals surface area contributed by atoms with Crippen LogP contribution in [0.15, 0.2) is 24.4 Å². The molecular formula is C19H20N6O. The number of amides is 2. The number of pyridine rings is 1. The summed E-state index contributed by atoms with van der Waals surface area (Å²) >= 11 is 0. The molecule has 2 amide bonds. The molecule has 0 atom stereocenters. The second kappa shape index (κ2) is 6.48. The van der Waals surface area contributed by atoms with Crippen LogP contribution < -0.4 is 5.32 Å². The Bertz CT molecular complexity index is 1060. The number of fused-ring (bicyclic) bond motifs is 1. The molecule has 0 saturated heterocycles. The lowest BCUT2D eigenvalue weighted by Gasteiger charge is -2.15. The maximum atomic E-state index is 12.1. The average molecular weight is 348 g/mol. The Balaban J connectivity index is 2.20. The summed E-state index contributed by atoms with van der Waals surface area (Å²) in [7, 11) is 3.26. The fourth-order valence-electron chi connectivity index (χ4n) is 2.87. The first-order valence-corrected chi connectivity index (χ1v) is 8.17. The summed E-state index contributed by atoms with van der Waals surface area (Å²) in [4.78, 5) is 18.2. The average Bonchev–Trinajstić information content (AvgIpc) is 2.98. The SMILES string of the molecule is Cc1cc(C)c2nc(-n3ncc(C#N)c3NC(=O)N(C)C)cc(C)c2c1. The molecule has 0 aliphatic carbocycles. The summed E-state index contributed by atoms with van der Waals surface area (Å²) in [6.45, 7) is 6.09. The Morgan fingerprint density at radius 2 is 1.92 bits per heavy atom. The van der Waals surface area contributed by atoms with E-state index < -0.39 is 0 Å². The zero-order chi connectivity index (χ0) is 19.0. The topological polar surface area (TPSA) is 86.8 Å². The quantitative estimate of drug-likeness (QED) is 0.770. The van der Waals surface area contributed by atoms with Gasteiger partial charge in [0.05, 0.1) is 11.7 Å². The lowest BCUT2D eigenvalue weighted by Crippen LogP contribution is -2.28. The Kier molecular flexibility index (Phi) is 4.34. The van der Waals surface area contributed by atoms with Gasteiger partial charge in [-0.1, -0.05) is 11.6 Å². The molecule has 1 N–H and O–H groups in total. The number of anilines is 1. The van der Waals surface area contributed by atoms with Crippen LogP contribution in [0, 0.1) is 32.1 Å². The second-order valence-electron chi connectivity index (χ2n) is 6.53. The van der Waals surface area contributed by atoms with E-state index >= 15 is 0 Å². The zero-order valence-electron chi connectivity index (χ0n) is 15.5. The molecule has 0 aliphatic rings. The lowest BCUT2D eigenvalue weighted by atomic mass is 10.0. The largest absolute Gasteiger partial charge is 0.331 e. The van der Waals surface area contributed by atoms with E-state index in [0.29, 0.717) is 11.6 Å². The van der Waals surface area contributed by atoms with E-state index in [0.717, 1.165) is 22.0 Å². The number of nitrogens with zero attached hydrogens (tertiary/aromatic N) is 5. The van der Waals surface area contributed by atoms with Gasteiger partial charge in [-0.15, -0.1) is 0 Å². The van der Waals surface area contributed by atoms with E-state index in [2.05, 4.69) is 35.5 Å². The number of aryl methyl sites for hydroxylation is 3. The maximum Gasteiger partial charge on any atom is 0.322 e. The molecule has 0 saturated carbocycles. The Morgan fingerprint density at radius 3 is 2.58 bits per heavy atom. The van der Waals surface area contributed by atoms with Crippen LogP contribution in [0.2, 0.25) is 0 Å². The van der Waals surface area contributed by atoms with Crippen LogP contribution in [0.1, 0.15) is 22.3 Å². The predicted molar refractivity (Wildman–Crippen MR) is 100 cm³/mol. The lowest BCUT2D eigenvalue weighted by molar-refractivity contribution is 0.230. The van der Waals surface area contributed by atoms with E-state index in [1.54, 1.807) is 14.1 Å². The molecule has 0 bridgehead atoms. The van der Waals surface area contributed by atoms with Gasteiger partial charge >= 0.3 is 6.03 Å². The number of nitriles is 1. The first kappa shape index (κ1) is 17.4. The van der Waals surface area contributed by atoms with Gasteiger partial charge in [-0.25, -0.2) is 9.78 Å². The maximum absolute atomic E-state index is 12.1. The van der Waals surface area contributed by atoms with Crippen molar-refractivity contribution >= 4 is 22.8 Å². The molecule has 7 nitrogen and oxygen atoms in total. The van der Waals surface area contributed by atoms with Gasteiger partial charge in [0.2, 0.25) is 0 Å². The molecule has 3 aromatic rings. The molecule has 0 fully saturated rings. The Hall–Kier alpha value is -3.40. The van der Waals surface area contributed by atoms with Gasteiger partial charge in [-0.2, -0.15) is 15.0 Å². The predicted octanol–water partition coefficient (Wildman–Crippen LogP) is 3.31. The Morgan fingerprint density at radius 1 is 1.19 bits per heavy atom. The van der Waals surface area contributed by atoms with E-state index in [4.69, 9.17) is 4.98 Å². The molecule has 2 aromatic heterocycles. The molecule has 1 aromatic carbocycles. The minimum Gasteiger partial charge on any atom is -0.331 e. The van der Waals surface area contributed by atoms with Crippen LogP contribution in [0.4, 0.5) is 10.6 Å². The van der Waals surface area contributed by atoms with E-state index in [-0.39, 0.29) is 11.6 Å². The summed E-state index contributed by atoms with van der Waals surface area (Å²) in [5.41, 5.74) is 4.45. The monoisotopic (exact) mass is 348 g/mol. The van der Waals surface area contributed by atoms with Crippen LogP contribution in [0.5, 0.6) is 0 Å². The zero-order valence-corrected chi connectivity index (χ0v) is 15.5. The van der Waals surface area contributed by atoms with E-state index in [1.807, 2.05) is 19.9 Å². The van der Waals surface area contributed by atoms with Crippen LogP contribution in [0.3, 0.4) is 0 Å². The fraction of sp³-hybridized carbons (Fsp3) is 0.263. The highest BCUT2D eigenvalue weighted by Crippen LogP contribution is 2.26. The van der Waals surface area contributed by atoms with Crippen molar-refractivity contribution in [2.45, 2.75) is 20.8 Å². The molecule has 0 unspecified atom stereocenters. The number of urea groups is 1. The van der Waals surface area contributed by atoms with Crippen molar-refractivity contribution in [1.29, 1.82) is 5.26 Å². The van der Waals surface area contributed by atoms with Crippen molar-refractivity contribution < 1.29 is 4.79 Å². The molecule has 132 valence electrons. The molecular weight excluding hydrogens is 328 g/mol. The van der Waals surface area contributed by atoms with Crippen molar-refractivity contribution in [2.75, 3.05) is 19.4 Å². The number of hydrogen-bond donors (Lipinski definition) is 1. The van der Waals surface area contributed by atoms with Crippen LogP contribution >= 0.6 is 0 Å². The number of benzene rings is 1. The van der Waals surface area contributed by atoms with Crippen molar-refractivity contribution in [3.05, 3.63) is 46.6 Å². The second-order valence-corrected chi connectivity index (χ2v) is 6.53. The molecule has 0 aliphatic heterocycles. The molecule has 3 rings (SSSR count). The van der Waals surface area contributed by atoms with Crippen molar-refractivity contribution in [3.8, 4) is 11.9 Å². The van der Waals surface area contributed by atoms with Crippen molar-refractivity contribution in [2.24, 2.45) is 0 Å². The number of nitrogens with one attached hydrogen (secondary N) is 1. The highest BCUT2D eigenvalue weighted by molar-refractivity contribution is 5.90. The summed E-state index contributed by atoms with van der Waals surface area (Å²) < 4.78 is 1.49. The van der Waals surface area contributed by atoms with Gasteiger partial charge in [0.15, 0.2) is 11.6 Å². The summed E-state index contributed by atoms with van der Waals surface area (Å²) in [5, 5.41) is 17.4. The van der Waals surface area contributed by atoms with E-state index in [9.17, 15) is 10.1 Å². The number of aromatic nitrogens is 3. The first-order valence-electron chi connectivity index (χ1n) is 8.17. The highest BCUT2D eigenvalue weighted by atomic mass is 16.2. The summed E-state index contributed by atoms with van der Waals surface area (Å²) in [5.74, 6) is 0.861. The molecule has 0 radical (unpaired) electrons. The first-order chi connectivity index (χ1) is 12.3. The number of rotatable bonds is 2. The normalized spacial score (nSPS) is 10.6. The van der Waals surface area contributed by atoms with Crippen molar-refractivity contribution in [1.82, 2.24) is 19.7 Å². The van der Waals surface area contributed by atoms with Gasteiger partial charge in [0.25, 0.3) is 0 Å². The summed E-state index contributed by atoms with van der Waals surface area (Å²) in [6.07, 6.45) is 1.43. The van der Waals surface area contributed by atoms with Crippen LogP contribution in [-0.2, 0) is 0 Å². The Labute approximate surface area is 151 Å². The van der Waals surface area contributed by atoms with Gasteiger partial charge in [-0.3, -0.25) is 5.32 Å². The number of hydrogen-bond acceptors (Lipinski definition) is 4. The van der Waals surface area contributed by atoms with Gasteiger partial charge in [0, 0.05) is 19.5 Å². The van der Waals surface area contributed by atoms with Gasteiger partial charge in [-0.05, 0) is 44.0 Å². The van der Waals surface area contributed by atoms with Crippen LogP contribution in [0.25, 0.3) is 16.7 Å².